The van der Waals surface area contributed by atoms with Crippen molar-refractivity contribution < 1.29 is 9.53 Å². The second-order valence-corrected chi connectivity index (χ2v) is 6.19. The zero-order valence-corrected chi connectivity index (χ0v) is 12.7. The van der Waals surface area contributed by atoms with Gasteiger partial charge in [-0.1, -0.05) is 12.1 Å². The Hall–Kier alpha value is -1.55. The summed E-state index contributed by atoms with van der Waals surface area (Å²) in [6.07, 6.45) is 4.28. The second kappa shape index (κ2) is 6.48. The Morgan fingerprint density at radius 1 is 1.29 bits per heavy atom. The molecule has 0 unspecified atom stereocenters. The maximum atomic E-state index is 12.0. The van der Waals surface area contributed by atoms with E-state index in [9.17, 15) is 4.79 Å². The summed E-state index contributed by atoms with van der Waals surface area (Å²) in [5.74, 6) is 2.03. The Labute approximate surface area is 126 Å². The summed E-state index contributed by atoms with van der Waals surface area (Å²) in [6.45, 7) is 2.76. The maximum Gasteiger partial charge on any atom is 0.224 e. The SMILES string of the molecule is COc1ccc(CCN2C[C@H](NCC3CC3)CC2=O)cc1. The minimum atomic E-state index is 0.289. The quantitative estimate of drug-likeness (QED) is 0.832. The molecule has 1 N–H and O–H groups in total. The predicted octanol–water partition coefficient (Wildman–Crippen LogP) is 1.84. The molecule has 0 spiro atoms. The van der Waals surface area contributed by atoms with Crippen molar-refractivity contribution in [2.45, 2.75) is 31.7 Å². The highest BCUT2D eigenvalue weighted by Crippen LogP contribution is 2.28. The number of nitrogens with zero attached hydrogens (tertiary/aromatic N) is 1. The third-order valence-electron chi connectivity index (χ3n) is 4.44. The van der Waals surface area contributed by atoms with Gasteiger partial charge in [0.1, 0.15) is 5.75 Å². The van der Waals surface area contributed by atoms with Gasteiger partial charge in [-0.2, -0.15) is 0 Å². The minimum Gasteiger partial charge on any atom is -0.497 e. The second-order valence-electron chi connectivity index (χ2n) is 6.19. The monoisotopic (exact) mass is 288 g/mol. The summed E-state index contributed by atoms with van der Waals surface area (Å²) in [5.41, 5.74) is 1.25. The van der Waals surface area contributed by atoms with Gasteiger partial charge in [0, 0.05) is 25.6 Å². The van der Waals surface area contributed by atoms with Crippen LogP contribution < -0.4 is 10.1 Å². The van der Waals surface area contributed by atoms with Crippen LogP contribution in [0, 0.1) is 5.92 Å². The van der Waals surface area contributed by atoms with Gasteiger partial charge in [0.05, 0.1) is 7.11 Å². The van der Waals surface area contributed by atoms with Gasteiger partial charge < -0.3 is 15.0 Å². The van der Waals surface area contributed by atoms with Crippen LogP contribution in [0.2, 0.25) is 0 Å². The number of benzene rings is 1. The molecular weight excluding hydrogens is 264 g/mol. The topological polar surface area (TPSA) is 41.6 Å². The molecule has 1 aliphatic carbocycles. The first-order chi connectivity index (χ1) is 10.2. The molecule has 0 radical (unpaired) electrons. The molecule has 3 rings (SSSR count). The van der Waals surface area contributed by atoms with E-state index in [1.165, 1.54) is 18.4 Å². The van der Waals surface area contributed by atoms with Crippen molar-refractivity contribution in [3.05, 3.63) is 29.8 Å². The minimum absolute atomic E-state index is 0.289. The number of ether oxygens (including phenoxy) is 1. The standard InChI is InChI=1S/C17H24N2O2/c1-21-16-6-4-13(5-7-16)8-9-19-12-15(10-17(19)20)18-11-14-2-3-14/h4-7,14-15,18H,2-3,8-12H2,1H3/t15-/m1/s1. The molecule has 1 atom stereocenters. The van der Waals surface area contributed by atoms with Crippen molar-refractivity contribution in [3.63, 3.8) is 0 Å². The lowest BCUT2D eigenvalue weighted by Gasteiger charge is -2.17. The maximum absolute atomic E-state index is 12.0. The van der Waals surface area contributed by atoms with Crippen molar-refractivity contribution in [3.8, 4) is 5.75 Å². The largest absolute Gasteiger partial charge is 0.497 e. The normalized spacial score (nSPS) is 21.9. The van der Waals surface area contributed by atoms with E-state index in [4.69, 9.17) is 4.74 Å². The molecule has 1 saturated carbocycles. The summed E-state index contributed by atoms with van der Waals surface area (Å²) in [6, 6.07) is 8.45. The van der Waals surface area contributed by atoms with Crippen LogP contribution >= 0.6 is 0 Å². The fourth-order valence-corrected chi connectivity index (χ4v) is 2.84. The van der Waals surface area contributed by atoms with Crippen LogP contribution in [0.15, 0.2) is 24.3 Å². The molecule has 2 fully saturated rings. The summed E-state index contributed by atoms with van der Waals surface area (Å²) in [7, 11) is 1.67. The van der Waals surface area contributed by atoms with E-state index >= 15 is 0 Å². The van der Waals surface area contributed by atoms with Crippen LogP contribution in [-0.4, -0.2) is 43.6 Å². The molecule has 4 heteroatoms. The van der Waals surface area contributed by atoms with Crippen LogP contribution in [0.1, 0.15) is 24.8 Å². The Morgan fingerprint density at radius 2 is 2.05 bits per heavy atom. The summed E-state index contributed by atoms with van der Waals surface area (Å²) >= 11 is 0. The van der Waals surface area contributed by atoms with E-state index < -0.39 is 0 Å². The molecular formula is C17H24N2O2. The highest BCUT2D eigenvalue weighted by Gasteiger charge is 2.30. The third-order valence-corrected chi connectivity index (χ3v) is 4.44. The number of carbonyl (C=O) groups is 1. The van der Waals surface area contributed by atoms with Crippen LogP contribution in [0.4, 0.5) is 0 Å². The Bertz CT molecular complexity index is 482. The number of likely N-dealkylation sites (tertiary alicyclic amines) is 1. The van der Waals surface area contributed by atoms with Crippen LogP contribution in [0.5, 0.6) is 5.75 Å². The lowest BCUT2D eigenvalue weighted by molar-refractivity contribution is -0.127. The lowest BCUT2D eigenvalue weighted by Crippen LogP contribution is -2.34. The van der Waals surface area contributed by atoms with E-state index in [2.05, 4.69) is 17.4 Å². The number of amides is 1. The summed E-state index contributed by atoms with van der Waals surface area (Å²) in [5, 5.41) is 3.54. The zero-order valence-electron chi connectivity index (χ0n) is 12.7. The molecule has 1 heterocycles. The molecule has 0 bridgehead atoms. The van der Waals surface area contributed by atoms with E-state index in [1.807, 2.05) is 17.0 Å². The molecule has 114 valence electrons. The average molecular weight is 288 g/mol. The van der Waals surface area contributed by atoms with E-state index in [1.54, 1.807) is 7.11 Å². The van der Waals surface area contributed by atoms with Crippen molar-refractivity contribution in [2.24, 2.45) is 5.92 Å². The Morgan fingerprint density at radius 3 is 2.71 bits per heavy atom. The number of hydrogen-bond acceptors (Lipinski definition) is 3. The van der Waals surface area contributed by atoms with Crippen LogP contribution in [0.25, 0.3) is 0 Å². The van der Waals surface area contributed by atoms with Crippen molar-refractivity contribution >= 4 is 5.91 Å². The molecule has 1 saturated heterocycles. The average Bonchev–Trinajstić information content (AvgIpc) is 3.27. The Kier molecular flexibility index (Phi) is 4.44. The smallest absolute Gasteiger partial charge is 0.224 e. The number of carbonyl (C=O) groups excluding carboxylic acids is 1. The van der Waals surface area contributed by atoms with Crippen molar-refractivity contribution in [1.82, 2.24) is 10.2 Å². The molecule has 4 nitrogen and oxygen atoms in total. The van der Waals surface area contributed by atoms with Gasteiger partial charge in [-0.05, 0) is 49.4 Å². The number of hydrogen-bond donors (Lipinski definition) is 1. The van der Waals surface area contributed by atoms with E-state index in [-0.39, 0.29) is 5.91 Å². The number of rotatable bonds is 7. The summed E-state index contributed by atoms with van der Waals surface area (Å²) in [4.78, 5) is 14.0. The molecule has 0 aromatic heterocycles. The van der Waals surface area contributed by atoms with E-state index in [0.29, 0.717) is 12.5 Å². The van der Waals surface area contributed by atoms with Crippen molar-refractivity contribution in [1.29, 1.82) is 0 Å². The fraction of sp³-hybridized carbons (Fsp3) is 0.588. The van der Waals surface area contributed by atoms with Gasteiger partial charge >= 0.3 is 0 Å². The Balaban J connectivity index is 1.44. The van der Waals surface area contributed by atoms with Crippen LogP contribution in [0.3, 0.4) is 0 Å². The first-order valence-corrected chi connectivity index (χ1v) is 7.88. The third kappa shape index (κ3) is 3.97. The number of methoxy groups -OCH3 is 1. The van der Waals surface area contributed by atoms with Gasteiger partial charge in [-0.25, -0.2) is 0 Å². The van der Waals surface area contributed by atoms with Crippen LogP contribution in [-0.2, 0) is 11.2 Å². The molecule has 1 aromatic rings. The zero-order chi connectivity index (χ0) is 14.7. The first kappa shape index (κ1) is 14.4. The molecule has 1 amide bonds. The highest BCUT2D eigenvalue weighted by molar-refractivity contribution is 5.79. The molecule has 2 aliphatic rings. The van der Waals surface area contributed by atoms with Gasteiger partial charge in [0.2, 0.25) is 5.91 Å². The molecule has 1 aromatic carbocycles. The van der Waals surface area contributed by atoms with Gasteiger partial charge in [0.25, 0.3) is 0 Å². The number of nitrogens with one attached hydrogen (secondary N) is 1. The first-order valence-electron chi connectivity index (χ1n) is 7.88. The predicted molar refractivity (Wildman–Crippen MR) is 82.4 cm³/mol. The fourth-order valence-electron chi connectivity index (χ4n) is 2.84. The highest BCUT2D eigenvalue weighted by atomic mass is 16.5. The van der Waals surface area contributed by atoms with E-state index in [0.717, 1.165) is 37.7 Å². The van der Waals surface area contributed by atoms with Gasteiger partial charge in [0.15, 0.2) is 0 Å². The van der Waals surface area contributed by atoms with Crippen molar-refractivity contribution in [2.75, 3.05) is 26.7 Å². The molecule has 1 aliphatic heterocycles. The van der Waals surface area contributed by atoms with Gasteiger partial charge in [-0.15, -0.1) is 0 Å². The van der Waals surface area contributed by atoms with Gasteiger partial charge in [-0.3, -0.25) is 4.79 Å². The lowest BCUT2D eigenvalue weighted by atomic mass is 10.1. The molecule has 21 heavy (non-hydrogen) atoms. The summed E-state index contributed by atoms with van der Waals surface area (Å²) < 4.78 is 5.16.